The first-order chi connectivity index (χ1) is 6.59. The second kappa shape index (κ2) is 11.9. The summed E-state index contributed by atoms with van der Waals surface area (Å²) >= 11 is 0. The molecule has 0 saturated heterocycles. The average Bonchev–Trinajstić information content (AvgIpc) is 2.09. The number of carbonyl (C=O) groups excluding carboxylic acids is 2. The Balaban J connectivity index is -0.000000845. The molecule has 0 heterocycles. The topological polar surface area (TPSA) is 153 Å². The van der Waals surface area contributed by atoms with Gasteiger partial charge in [0.15, 0.2) is 0 Å². The Hall–Kier alpha value is -1.14. The van der Waals surface area contributed by atoms with Crippen molar-refractivity contribution in [2.75, 3.05) is 0 Å². The number of carboxylic acids is 2. The number of hydrogen-bond acceptors (Lipinski definition) is 4. The van der Waals surface area contributed by atoms with Gasteiger partial charge >= 0.3 is 0 Å². The number of quaternary nitrogens is 2. The van der Waals surface area contributed by atoms with Gasteiger partial charge < -0.3 is 32.1 Å². The smallest absolute Gasteiger partial charge is 0.0501 e. The number of aliphatic carboxylic acids is 2. The minimum absolute atomic E-state index is 0. The highest BCUT2D eigenvalue weighted by atomic mass is 16.4. The molecule has 8 N–H and O–H groups in total. The molecular weight excluding hydrogens is 212 g/mol. The minimum Gasteiger partial charge on any atom is -0.549 e. The molecule has 0 radical (unpaired) electrons. The van der Waals surface area contributed by atoms with Crippen molar-refractivity contribution in [2.45, 2.75) is 45.4 Å². The molecule has 0 rings (SSSR count). The van der Waals surface area contributed by atoms with Crippen molar-refractivity contribution >= 4 is 11.9 Å². The van der Waals surface area contributed by atoms with Crippen molar-refractivity contribution in [1.29, 1.82) is 0 Å². The predicted molar refractivity (Wildman–Crippen MR) is 58.8 cm³/mol. The molecule has 0 aliphatic heterocycles. The highest BCUT2D eigenvalue weighted by Gasteiger charge is 2.10. The van der Waals surface area contributed by atoms with Crippen LogP contribution >= 0.6 is 0 Å². The Kier molecular flexibility index (Phi) is 15.1. The lowest BCUT2D eigenvalue weighted by Gasteiger charge is -2.18. The van der Waals surface area contributed by atoms with E-state index in [-0.39, 0.29) is 18.7 Å². The Labute approximate surface area is 96.2 Å². The molecule has 0 bridgehead atoms. The van der Waals surface area contributed by atoms with Crippen LogP contribution in [0.1, 0.15) is 45.4 Å². The fraction of sp³-hybridized carbons (Fsp3) is 0.800. The molecule has 0 aromatic carbocycles. The normalized spacial score (nSPS) is 9.12. The maximum absolute atomic E-state index is 10.3. The van der Waals surface area contributed by atoms with E-state index in [0.717, 1.165) is 25.7 Å². The van der Waals surface area contributed by atoms with Gasteiger partial charge in [-0.05, 0) is 6.42 Å². The maximum atomic E-state index is 10.3. The summed E-state index contributed by atoms with van der Waals surface area (Å²) in [5, 5.41) is 20.7. The molecule has 6 heteroatoms. The van der Waals surface area contributed by atoms with Gasteiger partial charge in [0.2, 0.25) is 0 Å². The van der Waals surface area contributed by atoms with Gasteiger partial charge in [-0.15, -0.1) is 0 Å². The van der Waals surface area contributed by atoms with Crippen molar-refractivity contribution in [3.63, 3.8) is 0 Å². The van der Waals surface area contributed by atoms with E-state index in [0.29, 0.717) is 6.42 Å². The molecule has 6 nitrogen and oxygen atoms in total. The average molecular weight is 236 g/mol. The summed E-state index contributed by atoms with van der Waals surface area (Å²) < 4.78 is 0. The summed E-state index contributed by atoms with van der Waals surface area (Å²) in [6.45, 7) is 2.07. The highest BCUT2D eigenvalue weighted by Crippen LogP contribution is 2.10. The summed E-state index contributed by atoms with van der Waals surface area (Å²) in [4.78, 5) is 20.7. The fourth-order valence-corrected chi connectivity index (χ4v) is 1.28. The van der Waals surface area contributed by atoms with Gasteiger partial charge in [0.1, 0.15) is 0 Å². The minimum atomic E-state index is -1.54. The quantitative estimate of drug-likeness (QED) is 0.456. The van der Waals surface area contributed by atoms with E-state index in [1.807, 2.05) is 0 Å². The van der Waals surface area contributed by atoms with E-state index < -0.39 is 17.9 Å². The van der Waals surface area contributed by atoms with Crippen LogP contribution < -0.4 is 22.5 Å². The van der Waals surface area contributed by atoms with Crippen molar-refractivity contribution in [3.8, 4) is 0 Å². The molecule has 0 fully saturated rings. The summed E-state index contributed by atoms with van der Waals surface area (Å²) in [6, 6.07) is 0. The van der Waals surface area contributed by atoms with Crippen LogP contribution in [0.15, 0.2) is 0 Å². The number of carboxylic acid groups (broad SMARTS) is 2. The lowest BCUT2D eigenvalue weighted by atomic mass is 10.0. The molecule has 0 atom stereocenters. The maximum Gasteiger partial charge on any atom is 0.0501 e. The van der Waals surface area contributed by atoms with Gasteiger partial charge in [-0.2, -0.15) is 0 Å². The molecule has 98 valence electrons. The summed E-state index contributed by atoms with van der Waals surface area (Å²) in [6.07, 6.45) is 4.81. The van der Waals surface area contributed by atoms with Gasteiger partial charge in [-0.25, -0.2) is 0 Å². The van der Waals surface area contributed by atoms with Crippen molar-refractivity contribution in [1.82, 2.24) is 12.3 Å². The molecule has 0 amide bonds. The highest BCUT2D eigenvalue weighted by molar-refractivity contribution is 5.90. The van der Waals surface area contributed by atoms with E-state index in [2.05, 4.69) is 6.92 Å². The van der Waals surface area contributed by atoms with Crippen LogP contribution in [0.4, 0.5) is 0 Å². The van der Waals surface area contributed by atoms with Gasteiger partial charge in [0, 0.05) is 5.92 Å². The number of hydrogen-bond donors (Lipinski definition) is 2. The molecule has 0 aromatic heterocycles. The van der Waals surface area contributed by atoms with Gasteiger partial charge in [0.05, 0.1) is 11.9 Å². The van der Waals surface area contributed by atoms with E-state index in [9.17, 15) is 19.8 Å². The summed E-state index contributed by atoms with van der Waals surface area (Å²) in [7, 11) is 0. The zero-order valence-corrected chi connectivity index (χ0v) is 10.5. The number of carbonyl (C=O) groups is 2. The molecule has 0 aliphatic rings. The summed E-state index contributed by atoms with van der Waals surface area (Å²) in [5.74, 6) is -4.53. The first-order valence-corrected chi connectivity index (χ1v) is 5.01. The Bertz CT molecular complexity index is 183. The molecule has 0 saturated carbocycles. The standard InChI is InChI=1S/C10H18O4.2H3N/c1-2-3-4-5-6-7-8(9(11)12)10(13)14;;/h8H,2-7H2,1H3,(H,11,12)(H,13,14);2*1H3. The fourth-order valence-electron chi connectivity index (χ4n) is 1.28. The first-order valence-electron chi connectivity index (χ1n) is 5.01. The number of rotatable bonds is 8. The van der Waals surface area contributed by atoms with E-state index in [1.54, 1.807) is 0 Å². The van der Waals surface area contributed by atoms with Crippen molar-refractivity contribution < 1.29 is 19.8 Å². The van der Waals surface area contributed by atoms with Crippen LogP contribution in [-0.4, -0.2) is 11.9 Å². The Morgan fingerprint density at radius 1 is 0.938 bits per heavy atom. The second-order valence-electron chi connectivity index (χ2n) is 3.39. The Morgan fingerprint density at radius 3 is 1.75 bits per heavy atom. The second-order valence-corrected chi connectivity index (χ2v) is 3.39. The third-order valence-corrected chi connectivity index (χ3v) is 2.17. The molecule has 0 aromatic rings. The van der Waals surface area contributed by atoms with E-state index in [4.69, 9.17) is 0 Å². The molecule has 0 aliphatic carbocycles. The van der Waals surface area contributed by atoms with Crippen LogP contribution in [0.5, 0.6) is 0 Å². The van der Waals surface area contributed by atoms with Gasteiger partial charge in [-0.3, -0.25) is 0 Å². The first kappa shape index (κ1) is 20.3. The zero-order chi connectivity index (χ0) is 11.0. The van der Waals surface area contributed by atoms with Crippen LogP contribution in [0.3, 0.4) is 0 Å². The van der Waals surface area contributed by atoms with Crippen molar-refractivity contribution in [2.24, 2.45) is 5.92 Å². The van der Waals surface area contributed by atoms with Crippen LogP contribution in [0.2, 0.25) is 0 Å². The lowest BCUT2D eigenvalue weighted by molar-refractivity contribution is -0.332. The van der Waals surface area contributed by atoms with E-state index in [1.165, 1.54) is 0 Å². The van der Waals surface area contributed by atoms with Gasteiger partial charge in [0.25, 0.3) is 0 Å². The lowest BCUT2D eigenvalue weighted by Crippen LogP contribution is -2.43. The SMILES string of the molecule is CCCCCCCC(C(=O)[O-])C(=O)[O-].[NH4+].[NH4+]. The third-order valence-electron chi connectivity index (χ3n) is 2.17. The molecule has 0 spiro atoms. The Morgan fingerprint density at radius 2 is 1.38 bits per heavy atom. The van der Waals surface area contributed by atoms with E-state index >= 15 is 0 Å². The zero-order valence-electron chi connectivity index (χ0n) is 10.5. The molecular formula is C10H24N2O4. The number of unbranched alkanes of at least 4 members (excludes halogenated alkanes) is 4. The molecule has 16 heavy (non-hydrogen) atoms. The van der Waals surface area contributed by atoms with Crippen molar-refractivity contribution in [3.05, 3.63) is 0 Å². The molecule has 0 unspecified atom stereocenters. The predicted octanol–water partition coefficient (Wildman–Crippen LogP) is 0.215. The van der Waals surface area contributed by atoms with Crippen LogP contribution in [0, 0.1) is 5.92 Å². The van der Waals surface area contributed by atoms with Crippen LogP contribution in [0.25, 0.3) is 0 Å². The largest absolute Gasteiger partial charge is 0.549 e. The van der Waals surface area contributed by atoms with Crippen LogP contribution in [-0.2, 0) is 9.59 Å². The summed E-state index contributed by atoms with van der Waals surface area (Å²) in [5.41, 5.74) is 0. The third kappa shape index (κ3) is 9.42. The monoisotopic (exact) mass is 236 g/mol. The van der Waals surface area contributed by atoms with Gasteiger partial charge in [-0.1, -0.05) is 39.0 Å².